The van der Waals surface area contributed by atoms with E-state index in [1.165, 1.54) is 12.1 Å². The summed E-state index contributed by atoms with van der Waals surface area (Å²) in [6.07, 6.45) is 2.34. The van der Waals surface area contributed by atoms with Crippen molar-refractivity contribution in [2.24, 2.45) is 11.1 Å². The number of nitrogens with two attached hydrogens (primary N) is 1. The maximum atomic E-state index is 11.8. The van der Waals surface area contributed by atoms with Crippen LogP contribution in [0.2, 0.25) is 0 Å². The molecule has 2 atom stereocenters. The number of carboxylic acid groups (broad SMARTS) is 1. The van der Waals surface area contributed by atoms with Crippen LogP contribution < -0.4 is 5.73 Å². The Kier molecular flexibility index (Phi) is 4.60. The summed E-state index contributed by atoms with van der Waals surface area (Å²) in [5.41, 5.74) is 4.14. The fourth-order valence-electron chi connectivity index (χ4n) is 3.16. The van der Waals surface area contributed by atoms with Gasteiger partial charge in [0.25, 0.3) is 11.4 Å². The summed E-state index contributed by atoms with van der Waals surface area (Å²) in [7, 11) is 0. The lowest BCUT2D eigenvalue weighted by molar-refractivity contribution is -0.394. The number of hydrogen-bond donors (Lipinski definition) is 2. The summed E-state index contributed by atoms with van der Waals surface area (Å²) in [6.45, 7) is 0. The third-order valence-corrected chi connectivity index (χ3v) is 4.43. The van der Waals surface area contributed by atoms with Crippen molar-refractivity contribution in [3.8, 4) is 0 Å². The Labute approximate surface area is 131 Å². The lowest BCUT2D eigenvalue weighted by Crippen LogP contribution is -2.51. The molecule has 9 nitrogen and oxygen atoms in total. The van der Waals surface area contributed by atoms with Crippen LogP contribution in [0.25, 0.3) is 0 Å². The highest BCUT2D eigenvalue weighted by molar-refractivity contribution is 5.76. The Balaban J connectivity index is 2.46. The molecule has 1 aromatic carbocycles. The summed E-state index contributed by atoms with van der Waals surface area (Å²) in [5.74, 6) is -1.07. The third-order valence-electron chi connectivity index (χ3n) is 4.43. The SMILES string of the molecule is NC1CCCCC1(Cc1cc([N+](=O)[O-])cc([N+](=O)[O-])c1)C(=O)O. The van der Waals surface area contributed by atoms with E-state index in [0.717, 1.165) is 12.5 Å². The van der Waals surface area contributed by atoms with E-state index >= 15 is 0 Å². The molecule has 3 N–H and O–H groups in total. The molecule has 0 saturated heterocycles. The van der Waals surface area contributed by atoms with E-state index in [0.29, 0.717) is 19.3 Å². The van der Waals surface area contributed by atoms with Crippen molar-refractivity contribution in [3.05, 3.63) is 44.0 Å². The van der Waals surface area contributed by atoms with Gasteiger partial charge in [0, 0.05) is 18.2 Å². The van der Waals surface area contributed by atoms with Gasteiger partial charge in [-0.25, -0.2) is 0 Å². The second kappa shape index (κ2) is 6.29. The predicted molar refractivity (Wildman–Crippen MR) is 80.0 cm³/mol. The zero-order valence-electron chi connectivity index (χ0n) is 12.3. The van der Waals surface area contributed by atoms with Crippen LogP contribution in [-0.2, 0) is 11.2 Å². The molecule has 1 fully saturated rings. The highest BCUT2D eigenvalue weighted by atomic mass is 16.6. The standard InChI is InChI=1S/C14H17N3O6/c15-12-3-1-2-4-14(12,13(18)19)8-9-5-10(16(20)21)7-11(6-9)17(22)23/h5-7,12H,1-4,8,15H2,(H,18,19). The van der Waals surface area contributed by atoms with Crippen molar-refractivity contribution in [2.75, 3.05) is 0 Å². The van der Waals surface area contributed by atoms with Crippen LogP contribution in [0, 0.1) is 25.6 Å². The minimum Gasteiger partial charge on any atom is -0.481 e. The van der Waals surface area contributed by atoms with Gasteiger partial charge in [-0.05, 0) is 24.8 Å². The Hall–Kier alpha value is -2.55. The quantitative estimate of drug-likeness (QED) is 0.621. The van der Waals surface area contributed by atoms with Gasteiger partial charge in [0.05, 0.1) is 21.3 Å². The molecule has 0 radical (unpaired) electrons. The van der Waals surface area contributed by atoms with E-state index in [9.17, 15) is 30.1 Å². The van der Waals surface area contributed by atoms with Crippen LogP contribution in [-0.4, -0.2) is 27.0 Å². The first-order valence-electron chi connectivity index (χ1n) is 7.18. The van der Waals surface area contributed by atoms with Crippen molar-refractivity contribution >= 4 is 17.3 Å². The summed E-state index contributed by atoms with van der Waals surface area (Å²) < 4.78 is 0. The lowest BCUT2D eigenvalue weighted by atomic mass is 9.67. The molecule has 1 aliphatic carbocycles. The maximum Gasteiger partial charge on any atom is 0.311 e. The summed E-state index contributed by atoms with van der Waals surface area (Å²) in [4.78, 5) is 32.2. The largest absolute Gasteiger partial charge is 0.481 e. The molecule has 1 aliphatic rings. The molecular weight excluding hydrogens is 306 g/mol. The average Bonchev–Trinajstić information content (AvgIpc) is 2.49. The Morgan fingerprint density at radius 2 is 1.78 bits per heavy atom. The molecular formula is C14H17N3O6. The number of nitrogens with zero attached hydrogens (tertiary/aromatic N) is 2. The topological polar surface area (TPSA) is 150 Å². The molecule has 0 spiro atoms. The number of carbonyl (C=O) groups is 1. The smallest absolute Gasteiger partial charge is 0.311 e. The summed E-state index contributed by atoms with van der Waals surface area (Å²) in [6, 6.07) is 2.63. The minimum atomic E-state index is -1.25. The molecule has 0 bridgehead atoms. The van der Waals surface area contributed by atoms with Gasteiger partial charge in [0.1, 0.15) is 0 Å². The number of benzene rings is 1. The van der Waals surface area contributed by atoms with Crippen LogP contribution in [0.4, 0.5) is 11.4 Å². The van der Waals surface area contributed by atoms with Crippen LogP contribution in [0.1, 0.15) is 31.2 Å². The molecule has 2 unspecified atom stereocenters. The van der Waals surface area contributed by atoms with Crippen molar-refractivity contribution < 1.29 is 19.7 Å². The van der Waals surface area contributed by atoms with Gasteiger partial charge in [0.15, 0.2) is 0 Å². The predicted octanol–water partition coefficient (Wildman–Crippen LogP) is 2.02. The first-order valence-corrected chi connectivity index (χ1v) is 7.18. The van der Waals surface area contributed by atoms with Gasteiger partial charge < -0.3 is 10.8 Å². The number of carboxylic acids is 1. The van der Waals surface area contributed by atoms with Gasteiger partial charge in [0.2, 0.25) is 0 Å². The molecule has 0 aliphatic heterocycles. The molecule has 124 valence electrons. The van der Waals surface area contributed by atoms with Crippen LogP contribution in [0.5, 0.6) is 0 Å². The Morgan fingerprint density at radius 1 is 1.22 bits per heavy atom. The second-order valence-electron chi connectivity index (χ2n) is 5.86. The van der Waals surface area contributed by atoms with Crippen molar-refractivity contribution in [2.45, 2.75) is 38.1 Å². The van der Waals surface area contributed by atoms with E-state index in [-0.39, 0.29) is 12.0 Å². The zero-order chi connectivity index (χ0) is 17.2. The Morgan fingerprint density at radius 3 is 2.22 bits per heavy atom. The number of nitro groups is 2. The number of rotatable bonds is 5. The number of hydrogen-bond acceptors (Lipinski definition) is 6. The second-order valence-corrected chi connectivity index (χ2v) is 5.86. The van der Waals surface area contributed by atoms with Gasteiger partial charge in [-0.1, -0.05) is 12.8 Å². The molecule has 0 heterocycles. The van der Waals surface area contributed by atoms with Crippen molar-refractivity contribution in [1.82, 2.24) is 0 Å². The fraction of sp³-hybridized carbons (Fsp3) is 0.500. The molecule has 2 rings (SSSR count). The molecule has 1 saturated carbocycles. The van der Waals surface area contributed by atoms with E-state index in [4.69, 9.17) is 5.73 Å². The van der Waals surface area contributed by atoms with Gasteiger partial charge >= 0.3 is 5.97 Å². The summed E-state index contributed by atoms with van der Waals surface area (Å²) in [5, 5.41) is 31.5. The third kappa shape index (κ3) is 3.29. The van der Waals surface area contributed by atoms with E-state index in [2.05, 4.69) is 0 Å². The molecule has 23 heavy (non-hydrogen) atoms. The molecule has 0 aromatic heterocycles. The Bertz CT molecular complexity index is 630. The number of aliphatic carboxylic acids is 1. The van der Waals surface area contributed by atoms with Gasteiger partial charge in [-0.3, -0.25) is 25.0 Å². The number of nitro benzene ring substituents is 2. The van der Waals surface area contributed by atoms with E-state index in [1.807, 2.05) is 0 Å². The zero-order valence-corrected chi connectivity index (χ0v) is 12.3. The van der Waals surface area contributed by atoms with Crippen LogP contribution >= 0.6 is 0 Å². The maximum absolute atomic E-state index is 11.8. The van der Waals surface area contributed by atoms with Crippen molar-refractivity contribution in [1.29, 1.82) is 0 Å². The van der Waals surface area contributed by atoms with E-state index < -0.39 is 38.6 Å². The summed E-state index contributed by atoms with van der Waals surface area (Å²) >= 11 is 0. The average molecular weight is 323 g/mol. The van der Waals surface area contributed by atoms with Crippen LogP contribution in [0.15, 0.2) is 18.2 Å². The minimum absolute atomic E-state index is 0.0635. The molecule has 9 heteroatoms. The number of non-ortho nitro benzene ring substituents is 2. The first-order chi connectivity index (χ1) is 10.8. The highest BCUT2D eigenvalue weighted by Gasteiger charge is 2.46. The fourth-order valence-corrected chi connectivity index (χ4v) is 3.16. The van der Waals surface area contributed by atoms with Gasteiger partial charge in [-0.15, -0.1) is 0 Å². The first kappa shape index (κ1) is 16.8. The monoisotopic (exact) mass is 323 g/mol. The highest BCUT2D eigenvalue weighted by Crippen LogP contribution is 2.40. The van der Waals surface area contributed by atoms with Crippen LogP contribution in [0.3, 0.4) is 0 Å². The van der Waals surface area contributed by atoms with E-state index in [1.54, 1.807) is 0 Å². The molecule has 0 amide bonds. The lowest BCUT2D eigenvalue weighted by Gasteiger charge is -2.38. The molecule has 1 aromatic rings. The normalized spacial score (nSPS) is 24.1. The van der Waals surface area contributed by atoms with Crippen molar-refractivity contribution in [3.63, 3.8) is 0 Å². The van der Waals surface area contributed by atoms with Gasteiger partial charge in [-0.2, -0.15) is 0 Å².